The van der Waals surface area contributed by atoms with Crippen LogP contribution < -0.4 is 5.73 Å². The normalized spacial score (nSPS) is 35.8. The van der Waals surface area contributed by atoms with Crippen molar-refractivity contribution in [3.63, 3.8) is 0 Å². The Morgan fingerprint density at radius 3 is 2.37 bits per heavy atom. The summed E-state index contributed by atoms with van der Waals surface area (Å²) in [4.78, 5) is 2.70. The first-order valence-electron chi connectivity index (χ1n) is 8.42. The molecule has 2 heterocycles. The van der Waals surface area contributed by atoms with Crippen molar-refractivity contribution in [2.75, 3.05) is 26.2 Å². The van der Waals surface area contributed by atoms with Gasteiger partial charge in [0.2, 0.25) is 0 Å². The van der Waals surface area contributed by atoms with E-state index in [1.807, 2.05) is 0 Å². The van der Waals surface area contributed by atoms with E-state index in [1.54, 1.807) is 0 Å². The summed E-state index contributed by atoms with van der Waals surface area (Å²) in [6.45, 7) is 4.83. The summed E-state index contributed by atoms with van der Waals surface area (Å²) in [5, 5.41) is 0. The van der Waals surface area contributed by atoms with Crippen molar-refractivity contribution in [3.05, 3.63) is 0 Å². The zero-order valence-electron chi connectivity index (χ0n) is 12.2. The summed E-state index contributed by atoms with van der Waals surface area (Å²) < 4.78 is 5.95. The van der Waals surface area contributed by atoms with Gasteiger partial charge < -0.3 is 15.4 Å². The highest BCUT2D eigenvalue weighted by Gasteiger charge is 2.33. The lowest BCUT2D eigenvalue weighted by molar-refractivity contribution is -0.0505. The molecule has 0 amide bonds. The van der Waals surface area contributed by atoms with Crippen LogP contribution in [0, 0.1) is 11.8 Å². The Kier molecular flexibility index (Phi) is 4.78. The molecule has 1 saturated carbocycles. The lowest BCUT2D eigenvalue weighted by atomic mass is 9.85. The van der Waals surface area contributed by atoms with Gasteiger partial charge in [0.05, 0.1) is 6.10 Å². The van der Waals surface area contributed by atoms with Crippen molar-refractivity contribution < 1.29 is 4.74 Å². The lowest BCUT2D eigenvalue weighted by Gasteiger charge is -2.40. The first-order valence-corrected chi connectivity index (χ1v) is 8.42. The van der Waals surface area contributed by atoms with Gasteiger partial charge in [0.1, 0.15) is 0 Å². The maximum Gasteiger partial charge on any atom is 0.0754 e. The Morgan fingerprint density at radius 1 is 0.947 bits per heavy atom. The summed E-state index contributed by atoms with van der Waals surface area (Å²) in [5.74, 6) is 1.71. The molecule has 19 heavy (non-hydrogen) atoms. The SMILES string of the molecule is NC1CCCOC1C1CCN(CC2CCCC2)CC1. The van der Waals surface area contributed by atoms with Crippen LogP contribution in [0.2, 0.25) is 0 Å². The Morgan fingerprint density at radius 2 is 1.68 bits per heavy atom. The number of rotatable bonds is 3. The number of nitrogens with zero attached hydrogens (tertiary/aromatic N) is 1. The molecule has 0 aromatic rings. The molecule has 2 aliphatic heterocycles. The fourth-order valence-electron chi connectivity index (χ4n) is 4.33. The summed E-state index contributed by atoms with van der Waals surface area (Å²) >= 11 is 0. The predicted molar refractivity (Wildman–Crippen MR) is 78.1 cm³/mol. The van der Waals surface area contributed by atoms with E-state index in [0.717, 1.165) is 31.3 Å². The van der Waals surface area contributed by atoms with Crippen molar-refractivity contribution in [2.24, 2.45) is 17.6 Å². The summed E-state index contributed by atoms with van der Waals surface area (Å²) in [6.07, 6.45) is 11.1. The van der Waals surface area contributed by atoms with E-state index in [1.165, 1.54) is 58.2 Å². The van der Waals surface area contributed by atoms with Crippen LogP contribution in [0.4, 0.5) is 0 Å². The van der Waals surface area contributed by atoms with Gasteiger partial charge in [0, 0.05) is 19.2 Å². The van der Waals surface area contributed by atoms with Crippen molar-refractivity contribution in [1.82, 2.24) is 4.90 Å². The summed E-state index contributed by atoms with van der Waals surface area (Å²) in [6, 6.07) is 0.292. The van der Waals surface area contributed by atoms with Crippen LogP contribution in [0.25, 0.3) is 0 Å². The molecule has 3 aliphatic rings. The maximum absolute atomic E-state index is 6.24. The predicted octanol–water partition coefficient (Wildman–Crippen LogP) is 2.39. The molecule has 110 valence electrons. The average molecular weight is 266 g/mol. The van der Waals surface area contributed by atoms with Crippen LogP contribution in [0.5, 0.6) is 0 Å². The lowest BCUT2D eigenvalue weighted by Crippen LogP contribution is -2.49. The summed E-state index contributed by atoms with van der Waals surface area (Å²) in [7, 11) is 0. The summed E-state index contributed by atoms with van der Waals surface area (Å²) in [5.41, 5.74) is 6.24. The van der Waals surface area contributed by atoms with E-state index in [0.29, 0.717) is 12.1 Å². The standard InChI is InChI=1S/C16H30N2O/c17-15-6-3-11-19-16(15)14-7-9-18(10-8-14)12-13-4-1-2-5-13/h13-16H,1-12,17H2. The van der Waals surface area contributed by atoms with Crippen molar-refractivity contribution >= 4 is 0 Å². The Balaban J connectivity index is 1.43. The molecule has 3 nitrogen and oxygen atoms in total. The minimum atomic E-state index is 0.292. The highest BCUT2D eigenvalue weighted by atomic mass is 16.5. The first-order chi connectivity index (χ1) is 9.33. The number of piperidine rings is 1. The third kappa shape index (κ3) is 3.50. The number of nitrogens with two attached hydrogens (primary N) is 1. The second-order valence-corrected chi connectivity index (χ2v) is 6.93. The third-order valence-corrected chi connectivity index (χ3v) is 5.50. The maximum atomic E-state index is 6.24. The molecule has 3 heteroatoms. The van der Waals surface area contributed by atoms with Gasteiger partial charge in [-0.1, -0.05) is 12.8 Å². The molecule has 0 spiro atoms. The second kappa shape index (κ2) is 6.55. The van der Waals surface area contributed by atoms with Gasteiger partial charge >= 0.3 is 0 Å². The van der Waals surface area contributed by atoms with E-state index in [-0.39, 0.29) is 0 Å². The van der Waals surface area contributed by atoms with Crippen molar-refractivity contribution in [2.45, 2.75) is 63.5 Å². The third-order valence-electron chi connectivity index (χ3n) is 5.50. The van der Waals surface area contributed by atoms with E-state index >= 15 is 0 Å². The van der Waals surface area contributed by atoms with Gasteiger partial charge in [0.25, 0.3) is 0 Å². The van der Waals surface area contributed by atoms with Crippen molar-refractivity contribution in [3.8, 4) is 0 Å². The van der Waals surface area contributed by atoms with Gasteiger partial charge in [-0.15, -0.1) is 0 Å². The highest BCUT2D eigenvalue weighted by molar-refractivity contribution is 4.87. The van der Waals surface area contributed by atoms with E-state index in [2.05, 4.69) is 4.90 Å². The number of ether oxygens (including phenoxy) is 1. The zero-order valence-corrected chi connectivity index (χ0v) is 12.2. The molecule has 0 bridgehead atoms. The van der Waals surface area contributed by atoms with Gasteiger partial charge in [-0.2, -0.15) is 0 Å². The molecule has 0 radical (unpaired) electrons. The van der Waals surface area contributed by atoms with Gasteiger partial charge in [-0.05, 0) is 63.5 Å². The monoisotopic (exact) mass is 266 g/mol. The smallest absolute Gasteiger partial charge is 0.0754 e. The number of hydrogen-bond acceptors (Lipinski definition) is 3. The minimum absolute atomic E-state index is 0.292. The molecule has 0 aromatic heterocycles. The Labute approximate surface area is 117 Å². The zero-order chi connectivity index (χ0) is 13.1. The van der Waals surface area contributed by atoms with Crippen LogP contribution in [0.1, 0.15) is 51.4 Å². The highest BCUT2D eigenvalue weighted by Crippen LogP contribution is 2.30. The van der Waals surface area contributed by atoms with Crippen molar-refractivity contribution in [1.29, 1.82) is 0 Å². The van der Waals surface area contributed by atoms with Crippen LogP contribution in [-0.2, 0) is 4.74 Å². The van der Waals surface area contributed by atoms with E-state index in [9.17, 15) is 0 Å². The number of likely N-dealkylation sites (tertiary alicyclic amines) is 1. The van der Waals surface area contributed by atoms with Crippen LogP contribution in [0.15, 0.2) is 0 Å². The second-order valence-electron chi connectivity index (χ2n) is 6.93. The van der Waals surface area contributed by atoms with E-state index in [4.69, 9.17) is 10.5 Å². The number of hydrogen-bond donors (Lipinski definition) is 1. The minimum Gasteiger partial charge on any atom is -0.376 e. The Hall–Kier alpha value is -0.120. The van der Waals surface area contributed by atoms with Gasteiger partial charge in [-0.3, -0.25) is 0 Å². The molecule has 2 saturated heterocycles. The molecule has 0 aromatic carbocycles. The molecule has 2 N–H and O–H groups in total. The fraction of sp³-hybridized carbons (Fsp3) is 1.00. The molecular formula is C16H30N2O. The van der Waals surface area contributed by atoms with E-state index < -0.39 is 0 Å². The molecule has 2 unspecified atom stereocenters. The molecule has 3 fully saturated rings. The quantitative estimate of drug-likeness (QED) is 0.852. The molecule has 2 atom stereocenters. The van der Waals surface area contributed by atoms with Crippen LogP contribution in [0.3, 0.4) is 0 Å². The largest absolute Gasteiger partial charge is 0.376 e. The first kappa shape index (κ1) is 13.8. The Bertz CT molecular complexity index is 270. The van der Waals surface area contributed by atoms with Crippen LogP contribution >= 0.6 is 0 Å². The fourth-order valence-corrected chi connectivity index (χ4v) is 4.33. The van der Waals surface area contributed by atoms with Crippen LogP contribution in [-0.4, -0.2) is 43.3 Å². The van der Waals surface area contributed by atoms with Gasteiger partial charge in [-0.25, -0.2) is 0 Å². The molecule has 1 aliphatic carbocycles. The molecular weight excluding hydrogens is 236 g/mol. The van der Waals surface area contributed by atoms with Gasteiger partial charge in [0.15, 0.2) is 0 Å². The average Bonchev–Trinajstić information content (AvgIpc) is 2.93. The molecule has 3 rings (SSSR count). The topological polar surface area (TPSA) is 38.5 Å².